The fourth-order valence-electron chi connectivity index (χ4n) is 6.48. The van der Waals surface area contributed by atoms with Gasteiger partial charge in [-0.25, -0.2) is 0 Å². The molecular formula is C37H23NS2. The Bertz CT molecular complexity index is 2440. The summed E-state index contributed by atoms with van der Waals surface area (Å²) in [5, 5.41) is 8.06. The Labute approximate surface area is 239 Å². The SMILES string of the molecule is Cn1c2ccc(-c3cccc4c3sc3ccccc34)cc2c2c3sc4ccc(-c5ccccc5)cc4c3ccc21. The van der Waals surface area contributed by atoms with Crippen LogP contribution in [0.4, 0.5) is 0 Å². The minimum atomic E-state index is 1.26. The Balaban J connectivity index is 1.32. The number of fused-ring (bicyclic) bond motifs is 10. The number of hydrogen-bond donors (Lipinski definition) is 0. The van der Waals surface area contributed by atoms with Crippen molar-refractivity contribution in [1.82, 2.24) is 4.57 Å². The first-order valence-electron chi connectivity index (χ1n) is 13.6. The summed E-state index contributed by atoms with van der Waals surface area (Å²) < 4.78 is 7.78. The van der Waals surface area contributed by atoms with E-state index in [0.717, 1.165) is 0 Å². The lowest BCUT2D eigenvalue weighted by molar-refractivity contribution is 1.01. The zero-order valence-corrected chi connectivity index (χ0v) is 23.4. The van der Waals surface area contributed by atoms with Gasteiger partial charge in [-0.15, -0.1) is 22.7 Å². The van der Waals surface area contributed by atoms with Gasteiger partial charge in [-0.05, 0) is 58.7 Å². The number of nitrogens with zero attached hydrogens (tertiary/aromatic N) is 1. The van der Waals surface area contributed by atoms with Gasteiger partial charge in [0.15, 0.2) is 0 Å². The molecule has 0 fully saturated rings. The zero-order chi connectivity index (χ0) is 26.4. The average molecular weight is 546 g/mol. The summed E-state index contributed by atoms with van der Waals surface area (Å²) in [5.41, 5.74) is 7.68. The van der Waals surface area contributed by atoms with Crippen molar-refractivity contribution in [2.24, 2.45) is 7.05 Å². The predicted octanol–water partition coefficient (Wildman–Crippen LogP) is 11.4. The highest BCUT2D eigenvalue weighted by Gasteiger charge is 2.17. The maximum atomic E-state index is 2.43. The van der Waals surface area contributed by atoms with Gasteiger partial charge in [0.05, 0.1) is 5.52 Å². The Morgan fingerprint density at radius 2 is 1.15 bits per heavy atom. The molecule has 9 aromatic rings. The van der Waals surface area contributed by atoms with Crippen LogP contribution in [0.5, 0.6) is 0 Å². The van der Waals surface area contributed by atoms with Crippen LogP contribution in [0, 0.1) is 0 Å². The molecule has 6 aromatic carbocycles. The van der Waals surface area contributed by atoms with Crippen molar-refractivity contribution < 1.29 is 0 Å². The van der Waals surface area contributed by atoms with E-state index < -0.39 is 0 Å². The Kier molecular flexibility index (Phi) is 4.63. The third-order valence-corrected chi connectivity index (χ3v) is 10.9. The van der Waals surface area contributed by atoms with Crippen LogP contribution in [0.25, 0.3) is 84.4 Å². The monoisotopic (exact) mass is 545 g/mol. The van der Waals surface area contributed by atoms with Gasteiger partial charge in [-0.1, -0.05) is 84.9 Å². The quantitative estimate of drug-likeness (QED) is 0.204. The van der Waals surface area contributed by atoms with Crippen molar-refractivity contribution in [1.29, 1.82) is 0 Å². The summed E-state index contributed by atoms with van der Waals surface area (Å²) in [7, 11) is 2.20. The van der Waals surface area contributed by atoms with Gasteiger partial charge in [-0.3, -0.25) is 0 Å². The fraction of sp³-hybridized carbons (Fsp3) is 0.0270. The molecule has 40 heavy (non-hydrogen) atoms. The van der Waals surface area contributed by atoms with Crippen LogP contribution in [0.2, 0.25) is 0 Å². The van der Waals surface area contributed by atoms with Crippen LogP contribution in [-0.4, -0.2) is 4.57 Å². The summed E-state index contributed by atoms with van der Waals surface area (Å²) in [5.74, 6) is 0. The van der Waals surface area contributed by atoms with E-state index in [2.05, 4.69) is 133 Å². The number of benzene rings is 6. The first-order valence-corrected chi connectivity index (χ1v) is 15.2. The second-order valence-electron chi connectivity index (χ2n) is 10.6. The molecule has 3 heterocycles. The average Bonchev–Trinajstić information content (AvgIpc) is 3.66. The van der Waals surface area contributed by atoms with Crippen molar-refractivity contribution in [3.63, 3.8) is 0 Å². The highest BCUT2D eigenvalue weighted by atomic mass is 32.1. The van der Waals surface area contributed by atoms with Crippen LogP contribution in [0.15, 0.2) is 121 Å². The largest absolute Gasteiger partial charge is 0.344 e. The molecule has 0 aliphatic heterocycles. The molecule has 0 saturated heterocycles. The van der Waals surface area contributed by atoms with Gasteiger partial charge >= 0.3 is 0 Å². The highest BCUT2D eigenvalue weighted by Crippen LogP contribution is 2.45. The highest BCUT2D eigenvalue weighted by molar-refractivity contribution is 7.27. The minimum absolute atomic E-state index is 1.26. The summed E-state index contributed by atoms with van der Waals surface area (Å²) in [6, 6.07) is 44.8. The third-order valence-electron chi connectivity index (χ3n) is 8.43. The molecule has 0 aliphatic carbocycles. The summed E-state index contributed by atoms with van der Waals surface area (Å²) in [4.78, 5) is 0. The number of rotatable bonds is 2. The molecule has 0 amide bonds. The smallest absolute Gasteiger partial charge is 0.0503 e. The summed E-state index contributed by atoms with van der Waals surface area (Å²) >= 11 is 3.82. The molecule has 0 spiro atoms. The van der Waals surface area contributed by atoms with Gasteiger partial charge in [0.1, 0.15) is 0 Å². The molecule has 0 saturated carbocycles. The zero-order valence-electron chi connectivity index (χ0n) is 21.8. The molecule has 0 atom stereocenters. The van der Waals surface area contributed by atoms with E-state index in [4.69, 9.17) is 0 Å². The van der Waals surface area contributed by atoms with Crippen LogP contribution < -0.4 is 0 Å². The van der Waals surface area contributed by atoms with Crippen molar-refractivity contribution in [3.8, 4) is 22.3 Å². The summed E-state index contributed by atoms with van der Waals surface area (Å²) in [6.07, 6.45) is 0. The number of aryl methyl sites for hydroxylation is 1. The minimum Gasteiger partial charge on any atom is -0.344 e. The van der Waals surface area contributed by atoms with E-state index in [9.17, 15) is 0 Å². The first kappa shape index (κ1) is 22.4. The topological polar surface area (TPSA) is 4.93 Å². The van der Waals surface area contributed by atoms with E-state index in [1.165, 1.54) is 84.4 Å². The van der Waals surface area contributed by atoms with Gasteiger partial charge in [0.2, 0.25) is 0 Å². The van der Waals surface area contributed by atoms with Crippen molar-refractivity contribution in [2.45, 2.75) is 0 Å². The lowest BCUT2D eigenvalue weighted by Gasteiger charge is -2.05. The lowest BCUT2D eigenvalue weighted by atomic mass is 9.99. The van der Waals surface area contributed by atoms with Gasteiger partial charge in [-0.2, -0.15) is 0 Å². The first-order chi connectivity index (χ1) is 19.7. The molecule has 1 nitrogen and oxygen atoms in total. The van der Waals surface area contributed by atoms with E-state index in [0.29, 0.717) is 0 Å². The summed E-state index contributed by atoms with van der Waals surface area (Å²) in [6.45, 7) is 0. The van der Waals surface area contributed by atoms with E-state index in [1.807, 2.05) is 22.7 Å². The Morgan fingerprint density at radius 1 is 0.450 bits per heavy atom. The molecule has 9 rings (SSSR count). The molecule has 188 valence electrons. The molecule has 3 aromatic heterocycles. The van der Waals surface area contributed by atoms with Gasteiger partial charge in [0.25, 0.3) is 0 Å². The molecule has 0 bridgehead atoms. The van der Waals surface area contributed by atoms with Crippen molar-refractivity contribution in [2.75, 3.05) is 0 Å². The molecule has 0 radical (unpaired) electrons. The van der Waals surface area contributed by atoms with Crippen LogP contribution in [-0.2, 0) is 7.05 Å². The maximum Gasteiger partial charge on any atom is 0.0503 e. The number of thiophene rings is 2. The van der Waals surface area contributed by atoms with Crippen LogP contribution in [0.3, 0.4) is 0 Å². The second-order valence-corrected chi connectivity index (χ2v) is 12.7. The standard InChI is InChI=1S/C37H23NS2/c1-38-31-17-14-24(25-11-7-12-27-26-10-5-6-13-33(26)39-36(25)27)21-30(31)35-32(38)18-16-28-29-20-23(22-8-3-2-4-9-22)15-19-34(29)40-37(28)35/h2-21H,1H3. The number of hydrogen-bond acceptors (Lipinski definition) is 2. The van der Waals surface area contributed by atoms with E-state index in [-0.39, 0.29) is 0 Å². The molecule has 0 N–H and O–H groups in total. The van der Waals surface area contributed by atoms with Gasteiger partial charge in [0, 0.05) is 63.7 Å². The van der Waals surface area contributed by atoms with Crippen LogP contribution in [0.1, 0.15) is 0 Å². The molecular weight excluding hydrogens is 523 g/mol. The predicted molar refractivity (Wildman–Crippen MR) is 177 cm³/mol. The van der Waals surface area contributed by atoms with Gasteiger partial charge < -0.3 is 4.57 Å². The van der Waals surface area contributed by atoms with E-state index >= 15 is 0 Å². The van der Waals surface area contributed by atoms with E-state index in [1.54, 1.807) is 0 Å². The normalized spacial score (nSPS) is 12.1. The van der Waals surface area contributed by atoms with Crippen LogP contribution >= 0.6 is 22.7 Å². The molecule has 0 aliphatic rings. The molecule has 3 heteroatoms. The number of aromatic nitrogens is 1. The Morgan fingerprint density at radius 3 is 2.08 bits per heavy atom. The third kappa shape index (κ3) is 3.08. The second kappa shape index (κ2) is 8.28. The maximum absolute atomic E-state index is 2.43. The molecule has 0 unspecified atom stereocenters. The fourth-order valence-corrected chi connectivity index (χ4v) is 8.96. The van der Waals surface area contributed by atoms with Crippen molar-refractivity contribution >= 4 is 84.8 Å². The Hall–Kier alpha value is -4.44. The van der Waals surface area contributed by atoms with Crippen molar-refractivity contribution in [3.05, 3.63) is 121 Å². The lowest BCUT2D eigenvalue weighted by Crippen LogP contribution is -1.86.